The van der Waals surface area contributed by atoms with Gasteiger partial charge in [0.05, 0.1) is 12.6 Å². The first-order valence-electron chi connectivity index (χ1n) is 10.6. The van der Waals surface area contributed by atoms with Crippen molar-refractivity contribution in [1.82, 2.24) is 10.2 Å². The Morgan fingerprint density at radius 1 is 1.03 bits per heavy atom. The van der Waals surface area contributed by atoms with Gasteiger partial charge >= 0.3 is 0 Å². The van der Waals surface area contributed by atoms with Crippen LogP contribution >= 0.6 is 0 Å². The summed E-state index contributed by atoms with van der Waals surface area (Å²) in [5.41, 5.74) is 1.16. The number of piperidine rings is 1. The molecule has 30 heavy (non-hydrogen) atoms. The summed E-state index contributed by atoms with van der Waals surface area (Å²) in [6.07, 6.45) is 1.11. The van der Waals surface area contributed by atoms with E-state index in [0.29, 0.717) is 32.6 Å². The largest absolute Gasteiger partial charge is 0.342 e. The first kappa shape index (κ1) is 20.4. The van der Waals surface area contributed by atoms with Crippen LogP contribution in [-0.4, -0.2) is 42.0 Å². The van der Waals surface area contributed by atoms with E-state index < -0.39 is 5.54 Å². The lowest BCUT2D eigenvalue weighted by molar-refractivity contribution is -0.137. The van der Waals surface area contributed by atoms with Gasteiger partial charge in [0.2, 0.25) is 11.8 Å². The molecule has 1 spiro atoms. The van der Waals surface area contributed by atoms with Crippen molar-refractivity contribution in [3.63, 3.8) is 0 Å². The third-order valence-electron chi connectivity index (χ3n) is 6.47. The zero-order valence-corrected chi connectivity index (χ0v) is 17.5. The van der Waals surface area contributed by atoms with Crippen LogP contribution in [0.1, 0.15) is 38.2 Å². The summed E-state index contributed by atoms with van der Waals surface area (Å²) in [6.45, 7) is 5.60. The molecule has 0 aromatic heterocycles. The minimum absolute atomic E-state index is 0.0117. The highest BCUT2D eigenvalue weighted by atomic mass is 19.1. The van der Waals surface area contributed by atoms with Gasteiger partial charge in [-0.15, -0.1) is 0 Å². The van der Waals surface area contributed by atoms with Crippen molar-refractivity contribution in [2.75, 3.05) is 24.7 Å². The predicted octanol–water partition coefficient (Wildman–Crippen LogP) is 3.52. The smallest absolute Gasteiger partial charge is 0.247 e. The van der Waals surface area contributed by atoms with E-state index in [1.165, 1.54) is 12.1 Å². The molecule has 0 saturated carbocycles. The summed E-state index contributed by atoms with van der Waals surface area (Å²) < 4.78 is 13.4. The maximum atomic E-state index is 13.4. The van der Waals surface area contributed by atoms with E-state index in [2.05, 4.69) is 19.2 Å². The Balaban J connectivity index is 1.52. The summed E-state index contributed by atoms with van der Waals surface area (Å²) in [6, 6.07) is 16.1. The Hall–Kier alpha value is -2.89. The van der Waals surface area contributed by atoms with Crippen molar-refractivity contribution in [1.29, 1.82) is 0 Å². The van der Waals surface area contributed by atoms with Crippen molar-refractivity contribution >= 4 is 17.5 Å². The number of benzene rings is 2. The Labute approximate surface area is 176 Å². The van der Waals surface area contributed by atoms with Crippen LogP contribution in [0, 0.1) is 11.7 Å². The van der Waals surface area contributed by atoms with Crippen molar-refractivity contribution in [3.05, 3.63) is 66.0 Å². The van der Waals surface area contributed by atoms with Gasteiger partial charge in [-0.1, -0.05) is 44.2 Å². The fraction of sp³-hybridized carbons (Fsp3) is 0.417. The molecule has 2 aromatic carbocycles. The second kappa shape index (κ2) is 8.09. The maximum absolute atomic E-state index is 13.4. The quantitative estimate of drug-likeness (QED) is 0.841. The standard InChI is InChI=1S/C24H28FN3O2/c1-17(2)21(18-6-4-3-5-7-18)22(29)27-14-12-24(13-15-27)23(30)26-16-28(24)20-10-8-19(25)9-11-20/h3-11,17,21H,12-16H2,1-2H3,(H,26,30). The third-order valence-corrected chi connectivity index (χ3v) is 6.47. The summed E-state index contributed by atoms with van der Waals surface area (Å²) in [4.78, 5) is 30.1. The normalized spacial score (nSPS) is 19.3. The van der Waals surface area contributed by atoms with Crippen LogP contribution in [-0.2, 0) is 9.59 Å². The van der Waals surface area contributed by atoms with Crippen LogP contribution in [0.5, 0.6) is 0 Å². The summed E-state index contributed by atoms with van der Waals surface area (Å²) in [7, 11) is 0. The number of carbonyl (C=O) groups is 2. The van der Waals surface area contributed by atoms with Crippen molar-refractivity contribution in [3.8, 4) is 0 Å². The molecule has 2 amide bonds. The monoisotopic (exact) mass is 409 g/mol. The van der Waals surface area contributed by atoms with Gasteiger partial charge in [-0.3, -0.25) is 9.59 Å². The maximum Gasteiger partial charge on any atom is 0.247 e. The number of nitrogens with one attached hydrogen (secondary N) is 1. The number of carbonyl (C=O) groups excluding carboxylic acids is 2. The summed E-state index contributed by atoms with van der Waals surface area (Å²) in [5, 5.41) is 2.94. The molecule has 2 heterocycles. The summed E-state index contributed by atoms with van der Waals surface area (Å²) >= 11 is 0. The molecule has 1 unspecified atom stereocenters. The highest BCUT2D eigenvalue weighted by molar-refractivity contribution is 5.94. The second-order valence-electron chi connectivity index (χ2n) is 8.56. The number of hydrogen-bond donors (Lipinski definition) is 1. The van der Waals surface area contributed by atoms with Crippen LogP contribution in [0.2, 0.25) is 0 Å². The molecule has 0 radical (unpaired) electrons. The van der Waals surface area contributed by atoms with Gasteiger partial charge in [0.15, 0.2) is 0 Å². The Morgan fingerprint density at radius 3 is 2.27 bits per heavy atom. The van der Waals surface area contributed by atoms with Gasteiger partial charge in [0.25, 0.3) is 0 Å². The van der Waals surface area contributed by atoms with Gasteiger partial charge in [0, 0.05) is 18.8 Å². The van der Waals surface area contributed by atoms with E-state index in [1.807, 2.05) is 40.1 Å². The average Bonchev–Trinajstić information content (AvgIpc) is 3.05. The van der Waals surface area contributed by atoms with E-state index in [0.717, 1.165) is 11.3 Å². The zero-order valence-electron chi connectivity index (χ0n) is 17.5. The van der Waals surface area contributed by atoms with Crippen LogP contribution in [0.3, 0.4) is 0 Å². The first-order chi connectivity index (χ1) is 14.4. The van der Waals surface area contributed by atoms with Gasteiger partial charge in [-0.2, -0.15) is 0 Å². The number of nitrogens with zero attached hydrogens (tertiary/aromatic N) is 2. The highest BCUT2D eigenvalue weighted by Gasteiger charge is 2.51. The molecule has 2 aliphatic heterocycles. The molecule has 5 nitrogen and oxygen atoms in total. The fourth-order valence-electron chi connectivity index (χ4n) is 4.81. The fourth-order valence-corrected chi connectivity index (χ4v) is 4.81. The Kier molecular flexibility index (Phi) is 5.50. The van der Waals surface area contributed by atoms with Crippen LogP contribution in [0.4, 0.5) is 10.1 Å². The van der Waals surface area contributed by atoms with Gasteiger partial charge in [-0.05, 0) is 48.6 Å². The molecule has 6 heteroatoms. The first-order valence-corrected chi connectivity index (χ1v) is 10.6. The Morgan fingerprint density at radius 2 is 1.67 bits per heavy atom. The molecule has 0 aliphatic carbocycles. The lowest BCUT2D eigenvalue weighted by atomic mass is 9.83. The van der Waals surface area contributed by atoms with Crippen molar-refractivity contribution in [2.45, 2.75) is 38.1 Å². The second-order valence-corrected chi connectivity index (χ2v) is 8.56. The molecule has 0 bridgehead atoms. The zero-order chi connectivity index (χ0) is 21.3. The molecule has 1 atom stereocenters. The number of likely N-dealkylation sites (tertiary alicyclic amines) is 1. The van der Waals surface area contributed by atoms with E-state index in [9.17, 15) is 14.0 Å². The van der Waals surface area contributed by atoms with Crippen molar-refractivity contribution in [2.24, 2.45) is 5.92 Å². The van der Waals surface area contributed by atoms with Gasteiger partial charge < -0.3 is 15.1 Å². The van der Waals surface area contributed by atoms with Gasteiger partial charge in [0.1, 0.15) is 11.4 Å². The van der Waals surface area contributed by atoms with E-state index in [4.69, 9.17) is 0 Å². The molecule has 2 aromatic rings. The minimum atomic E-state index is -0.686. The minimum Gasteiger partial charge on any atom is -0.342 e. The number of amides is 2. The molecule has 2 saturated heterocycles. The average molecular weight is 410 g/mol. The number of rotatable bonds is 4. The van der Waals surface area contributed by atoms with E-state index >= 15 is 0 Å². The van der Waals surface area contributed by atoms with Crippen molar-refractivity contribution < 1.29 is 14.0 Å². The molecule has 158 valence electrons. The number of anilines is 1. The van der Waals surface area contributed by atoms with E-state index in [-0.39, 0.29) is 29.5 Å². The van der Waals surface area contributed by atoms with E-state index in [1.54, 1.807) is 12.1 Å². The molecular weight excluding hydrogens is 381 g/mol. The topological polar surface area (TPSA) is 52.7 Å². The molecule has 4 rings (SSSR count). The van der Waals surface area contributed by atoms with Gasteiger partial charge in [-0.25, -0.2) is 4.39 Å². The number of hydrogen-bond acceptors (Lipinski definition) is 3. The predicted molar refractivity (Wildman–Crippen MR) is 114 cm³/mol. The lowest BCUT2D eigenvalue weighted by Gasteiger charge is -2.44. The molecule has 2 fully saturated rings. The van der Waals surface area contributed by atoms with Crippen LogP contribution in [0.25, 0.3) is 0 Å². The lowest BCUT2D eigenvalue weighted by Crippen LogP contribution is -2.57. The molecule has 1 N–H and O–H groups in total. The van der Waals surface area contributed by atoms with Crippen LogP contribution < -0.4 is 10.2 Å². The Bertz CT molecular complexity index is 906. The SMILES string of the molecule is CC(C)C(C(=O)N1CCC2(CC1)C(=O)NCN2c1ccc(F)cc1)c1ccccc1. The molecular formula is C24H28FN3O2. The molecule has 2 aliphatic rings. The highest BCUT2D eigenvalue weighted by Crippen LogP contribution is 2.37. The third kappa shape index (κ3) is 3.55. The summed E-state index contributed by atoms with van der Waals surface area (Å²) in [5.74, 6) is -0.195. The van der Waals surface area contributed by atoms with Crippen LogP contribution in [0.15, 0.2) is 54.6 Å². The number of halogens is 1.